The van der Waals surface area contributed by atoms with Crippen LogP contribution in [0.2, 0.25) is 0 Å². The van der Waals surface area contributed by atoms with Gasteiger partial charge in [-0.3, -0.25) is 4.99 Å². The average Bonchev–Trinajstić information content (AvgIpc) is 3.30. The molecule has 0 amide bonds. The Morgan fingerprint density at radius 3 is 2.44 bits per heavy atom. The molecule has 0 radical (unpaired) electrons. The summed E-state index contributed by atoms with van der Waals surface area (Å²) in [5.41, 5.74) is 1.15. The Morgan fingerprint density at radius 2 is 1.88 bits per heavy atom. The number of rotatable bonds is 9. The van der Waals surface area contributed by atoms with Crippen molar-refractivity contribution in [2.75, 3.05) is 45.3 Å². The summed E-state index contributed by atoms with van der Waals surface area (Å²) >= 11 is 1.83. The first-order valence-electron chi connectivity index (χ1n) is 11.2. The minimum Gasteiger partial charge on any atom is -0.497 e. The molecular formula is C24H37IN4O2S. The zero-order chi connectivity index (χ0) is 22.1. The van der Waals surface area contributed by atoms with Crippen molar-refractivity contribution in [3.8, 4) is 11.5 Å². The van der Waals surface area contributed by atoms with Crippen LogP contribution in [0.1, 0.15) is 31.6 Å². The van der Waals surface area contributed by atoms with Crippen molar-refractivity contribution < 1.29 is 9.47 Å². The number of methoxy groups -OCH3 is 2. The number of piperidine rings is 1. The highest BCUT2D eigenvalue weighted by Crippen LogP contribution is 2.30. The molecule has 6 nitrogen and oxygen atoms in total. The van der Waals surface area contributed by atoms with Gasteiger partial charge in [0.15, 0.2) is 5.96 Å². The molecule has 1 atom stereocenters. The minimum absolute atomic E-state index is 0. The molecular weight excluding hydrogens is 535 g/mol. The van der Waals surface area contributed by atoms with Crippen molar-refractivity contribution in [1.29, 1.82) is 0 Å². The zero-order valence-corrected chi connectivity index (χ0v) is 22.7. The summed E-state index contributed by atoms with van der Waals surface area (Å²) in [6.07, 6.45) is 3.21. The molecule has 0 aliphatic carbocycles. The molecule has 1 aromatic heterocycles. The second-order valence-electron chi connectivity index (χ2n) is 8.08. The fourth-order valence-corrected chi connectivity index (χ4v) is 4.72. The van der Waals surface area contributed by atoms with Crippen molar-refractivity contribution >= 4 is 47.0 Å². The van der Waals surface area contributed by atoms with E-state index in [2.05, 4.69) is 59.0 Å². The lowest BCUT2D eigenvalue weighted by Crippen LogP contribution is -2.49. The van der Waals surface area contributed by atoms with Crippen LogP contribution in [-0.4, -0.2) is 52.4 Å². The van der Waals surface area contributed by atoms with Gasteiger partial charge in [0, 0.05) is 61.0 Å². The van der Waals surface area contributed by atoms with Crippen LogP contribution in [0.5, 0.6) is 11.5 Å². The quantitative estimate of drug-likeness (QED) is 0.257. The van der Waals surface area contributed by atoms with E-state index < -0.39 is 0 Å². The number of nitrogens with zero attached hydrogens (tertiary/aromatic N) is 2. The van der Waals surface area contributed by atoms with E-state index in [0.717, 1.165) is 68.6 Å². The molecule has 1 aromatic carbocycles. The number of halogens is 1. The van der Waals surface area contributed by atoms with E-state index >= 15 is 0 Å². The maximum atomic E-state index is 5.43. The molecule has 8 heteroatoms. The molecule has 178 valence electrons. The normalized spacial score (nSPS) is 15.6. The van der Waals surface area contributed by atoms with Gasteiger partial charge in [-0.1, -0.05) is 13.0 Å². The van der Waals surface area contributed by atoms with Gasteiger partial charge in [0.1, 0.15) is 11.5 Å². The van der Waals surface area contributed by atoms with E-state index in [0.29, 0.717) is 12.0 Å². The summed E-state index contributed by atoms with van der Waals surface area (Å²) in [5, 5.41) is 9.21. The van der Waals surface area contributed by atoms with Gasteiger partial charge in [-0.15, -0.1) is 35.3 Å². The van der Waals surface area contributed by atoms with E-state index in [4.69, 9.17) is 14.5 Å². The lowest BCUT2D eigenvalue weighted by Gasteiger charge is -2.35. The van der Waals surface area contributed by atoms with Gasteiger partial charge in [0.05, 0.1) is 14.2 Å². The molecule has 0 saturated carbocycles. The predicted molar refractivity (Wildman–Crippen MR) is 146 cm³/mol. The molecule has 1 saturated heterocycles. The highest BCUT2D eigenvalue weighted by molar-refractivity contribution is 14.0. The minimum atomic E-state index is 0. The summed E-state index contributed by atoms with van der Waals surface area (Å²) in [6.45, 7) is 8.06. The molecule has 2 aromatic rings. The second-order valence-corrected chi connectivity index (χ2v) is 9.12. The van der Waals surface area contributed by atoms with E-state index in [1.807, 2.05) is 17.4 Å². The molecule has 2 heterocycles. The van der Waals surface area contributed by atoms with Gasteiger partial charge in [-0.05, 0) is 43.6 Å². The summed E-state index contributed by atoms with van der Waals surface area (Å²) in [6, 6.07) is 10.8. The Morgan fingerprint density at radius 1 is 1.19 bits per heavy atom. The first kappa shape index (κ1) is 26.6. The van der Waals surface area contributed by atoms with Crippen molar-refractivity contribution in [3.05, 3.63) is 40.6 Å². The first-order valence-corrected chi connectivity index (χ1v) is 12.0. The Balaban J connectivity index is 0.00000363. The molecule has 3 rings (SSSR count). The van der Waals surface area contributed by atoms with Crippen LogP contribution in [0.15, 0.2) is 40.7 Å². The number of guanidine groups is 1. The summed E-state index contributed by atoms with van der Waals surface area (Å²) < 4.78 is 10.9. The van der Waals surface area contributed by atoms with Crippen LogP contribution in [-0.2, 0) is 6.42 Å². The Labute approximate surface area is 213 Å². The lowest BCUT2D eigenvalue weighted by atomic mass is 10.0. The van der Waals surface area contributed by atoms with Gasteiger partial charge in [0.2, 0.25) is 0 Å². The fraction of sp³-hybridized carbons (Fsp3) is 0.542. The molecule has 1 aliphatic heterocycles. The Kier molecular flexibility index (Phi) is 11.4. The number of hydrogen-bond donors (Lipinski definition) is 2. The Bertz CT molecular complexity index is 801. The lowest BCUT2D eigenvalue weighted by molar-refractivity contribution is 0.393. The van der Waals surface area contributed by atoms with Gasteiger partial charge >= 0.3 is 0 Å². The van der Waals surface area contributed by atoms with E-state index in [1.54, 1.807) is 14.2 Å². The molecule has 2 N–H and O–H groups in total. The van der Waals surface area contributed by atoms with Crippen LogP contribution >= 0.6 is 35.3 Å². The largest absolute Gasteiger partial charge is 0.497 e. The number of ether oxygens (including phenoxy) is 2. The highest BCUT2D eigenvalue weighted by atomic mass is 127. The van der Waals surface area contributed by atoms with Crippen molar-refractivity contribution in [1.82, 2.24) is 10.6 Å². The number of aliphatic imine (C=N–C) groups is 1. The van der Waals surface area contributed by atoms with E-state index in [1.165, 1.54) is 4.88 Å². The van der Waals surface area contributed by atoms with Crippen molar-refractivity contribution in [2.24, 2.45) is 10.9 Å². The van der Waals surface area contributed by atoms with Crippen molar-refractivity contribution in [2.45, 2.75) is 39.2 Å². The van der Waals surface area contributed by atoms with Crippen LogP contribution < -0.4 is 25.0 Å². The van der Waals surface area contributed by atoms with Gasteiger partial charge in [0.25, 0.3) is 0 Å². The van der Waals surface area contributed by atoms with Crippen LogP contribution in [0, 0.1) is 5.92 Å². The Hall–Kier alpha value is -1.68. The average molecular weight is 573 g/mol. The SMILES string of the molecule is CCNC(=NCC(C)Cc1cccs1)NC1CCN(c2cc(OC)cc(OC)c2)CC1.I. The number of nitrogens with one attached hydrogen (secondary N) is 2. The predicted octanol–water partition coefficient (Wildman–Crippen LogP) is 4.79. The topological polar surface area (TPSA) is 58.1 Å². The maximum Gasteiger partial charge on any atom is 0.191 e. The van der Waals surface area contributed by atoms with Gasteiger partial charge in [-0.2, -0.15) is 0 Å². The van der Waals surface area contributed by atoms with Gasteiger partial charge < -0.3 is 25.0 Å². The number of benzene rings is 1. The van der Waals surface area contributed by atoms with Crippen LogP contribution in [0.25, 0.3) is 0 Å². The highest BCUT2D eigenvalue weighted by Gasteiger charge is 2.21. The molecule has 1 fully saturated rings. The van der Waals surface area contributed by atoms with E-state index in [9.17, 15) is 0 Å². The molecule has 1 unspecified atom stereocenters. The van der Waals surface area contributed by atoms with Crippen LogP contribution in [0.4, 0.5) is 5.69 Å². The second kappa shape index (κ2) is 13.8. The number of anilines is 1. The van der Waals surface area contributed by atoms with Crippen LogP contribution in [0.3, 0.4) is 0 Å². The third-order valence-electron chi connectivity index (χ3n) is 5.57. The molecule has 1 aliphatic rings. The summed E-state index contributed by atoms with van der Waals surface area (Å²) in [5.74, 6) is 3.11. The number of hydrogen-bond acceptors (Lipinski definition) is 5. The third kappa shape index (κ3) is 8.03. The molecule has 0 spiro atoms. The summed E-state index contributed by atoms with van der Waals surface area (Å²) in [4.78, 5) is 8.69. The van der Waals surface area contributed by atoms with Gasteiger partial charge in [-0.25, -0.2) is 0 Å². The number of thiophene rings is 1. The standard InChI is InChI=1S/C24H36N4O2S.HI/c1-5-25-24(26-17-18(2)13-23-7-6-12-31-23)27-19-8-10-28(11-9-19)20-14-21(29-3)16-22(15-20)30-4;/h6-7,12,14-16,18-19H,5,8-11,13,17H2,1-4H3,(H2,25,26,27);1H. The summed E-state index contributed by atoms with van der Waals surface area (Å²) in [7, 11) is 3.38. The van der Waals surface area contributed by atoms with E-state index in [-0.39, 0.29) is 24.0 Å². The third-order valence-corrected chi connectivity index (χ3v) is 6.47. The molecule has 32 heavy (non-hydrogen) atoms. The smallest absolute Gasteiger partial charge is 0.191 e. The maximum absolute atomic E-state index is 5.43. The monoisotopic (exact) mass is 572 g/mol. The van der Waals surface area contributed by atoms with Crippen molar-refractivity contribution in [3.63, 3.8) is 0 Å². The first-order chi connectivity index (χ1) is 15.1. The fourth-order valence-electron chi connectivity index (χ4n) is 3.85. The molecule has 0 bridgehead atoms. The zero-order valence-electron chi connectivity index (χ0n) is 19.6.